The molecule has 0 aromatic rings. The molecule has 0 radical (unpaired) electrons. The van der Waals surface area contributed by atoms with Crippen molar-refractivity contribution >= 4 is 5.97 Å². The predicted octanol–water partition coefficient (Wildman–Crippen LogP) is 0.291. The lowest BCUT2D eigenvalue weighted by Gasteiger charge is -2.44. The van der Waals surface area contributed by atoms with Crippen molar-refractivity contribution in [2.45, 2.75) is 31.0 Å². The maximum absolute atomic E-state index is 12.7. The number of nitrogens with two attached hydrogens (primary N) is 1. The lowest BCUT2D eigenvalue weighted by Crippen LogP contribution is -2.63. The molecule has 0 bridgehead atoms. The Morgan fingerprint density at radius 1 is 1.70 bits per heavy atom. The van der Waals surface area contributed by atoms with Gasteiger partial charge in [0.15, 0.2) is 0 Å². The van der Waals surface area contributed by atoms with Gasteiger partial charge < -0.3 is 10.8 Å². The van der Waals surface area contributed by atoms with Crippen molar-refractivity contribution in [3.05, 3.63) is 0 Å². The van der Waals surface area contributed by atoms with Crippen LogP contribution in [0, 0.1) is 0 Å². The molecule has 1 aliphatic rings. The van der Waals surface area contributed by atoms with Crippen molar-refractivity contribution in [3.63, 3.8) is 0 Å². The molecule has 0 heterocycles. The summed E-state index contributed by atoms with van der Waals surface area (Å²) in [7, 11) is 0. The second-order valence-corrected chi connectivity index (χ2v) is 3.23. The third-order valence-corrected chi connectivity index (χ3v) is 1.79. The van der Waals surface area contributed by atoms with E-state index in [1.807, 2.05) is 0 Å². The Labute approximate surface area is 58.0 Å². The Morgan fingerprint density at radius 3 is 2.20 bits per heavy atom. The predicted molar refractivity (Wildman–Crippen MR) is 33.3 cm³/mol. The van der Waals surface area contributed by atoms with E-state index in [9.17, 15) is 9.18 Å². The zero-order chi connectivity index (χ0) is 7.99. The van der Waals surface area contributed by atoms with Crippen LogP contribution >= 0.6 is 0 Å². The number of carboxylic acids is 1. The van der Waals surface area contributed by atoms with Gasteiger partial charge in [-0.25, -0.2) is 4.39 Å². The lowest BCUT2D eigenvalue weighted by molar-refractivity contribution is -0.153. The Hall–Kier alpha value is -0.640. The van der Waals surface area contributed by atoms with Gasteiger partial charge in [0.2, 0.25) is 0 Å². The Morgan fingerprint density at radius 2 is 2.10 bits per heavy atom. The summed E-state index contributed by atoms with van der Waals surface area (Å²) in [4.78, 5) is 10.3. The summed E-state index contributed by atoms with van der Waals surface area (Å²) in [5.41, 5.74) is 2.61. The minimum Gasteiger partial charge on any atom is -0.480 e. The van der Waals surface area contributed by atoms with E-state index >= 15 is 0 Å². The van der Waals surface area contributed by atoms with Crippen molar-refractivity contribution in [1.29, 1.82) is 0 Å². The number of carboxylic acid groups (broad SMARTS) is 1. The fourth-order valence-corrected chi connectivity index (χ4v) is 1.41. The Bertz CT molecular complexity index is 171. The summed E-state index contributed by atoms with van der Waals surface area (Å²) in [6, 6.07) is 0. The normalized spacial score (nSPS) is 46.3. The third kappa shape index (κ3) is 0.988. The zero-order valence-corrected chi connectivity index (χ0v) is 5.72. The molecule has 0 atom stereocenters. The minimum atomic E-state index is -1.37. The van der Waals surface area contributed by atoms with E-state index in [1.54, 1.807) is 0 Å². The van der Waals surface area contributed by atoms with Gasteiger partial charge in [-0.3, -0.25) is 4.79 Å². The molecule has 3 N–H and O–H groups in total. The molecule has 1 rings (SSSR count). The molecule has 0 spiro atoms. The quantitative estimate of drug-likeness (QED) is 0.558. The second kappa shape index (κ2) is 1.69. The molecule has 3 nitrogen and oxygen atoms in total. The van der Waals surface area contributed by atoms with E-state index in [0.29, 0.717) is 0 Å². The standard InChI is InChI=1S/C6H10FNO2/c1-5(7)2-6(8,3-5)4(9)10/h2-3,8H2,1H3,(H,9,10)/i7-1. The van der Waals surface area contributed by atoms with Crippen molar-refractivity contribution < 1.29 is 14.3 Å². The number of carbonyl (C=O) groups is 1. The molecular formula is C6H10FNO2. The van der Waals surface area contributed by atoms with E-state index in [2.05, 4.69) is 0 Å². The number of aliphatic carboxylic acids is 1. The first-order valence-electron chi connectivity index (χ1n) is 3.07. The Kier molecular flexibility index (Phi) is 1.26. The van der Waals surface area contributed by atoms with Gasteiger partial charge in [-0.15, -0.1) is 0 Å². The summed E-state index contributed by atoms with van der Waals surface area (Å²) in [6.45, 7) is 1.36. The number of halogens is 1. The largest absolute Gasteiger partial charge is 0.480 e. The Balaban J connectivity index is 2.58. The first-order valence-corrected chi connectivity index (χ1v) is 3.07. The van der Waals surface area contributed by atoms with E-state index in [4.69, 9.17) is 10.8 Å². The molecule has 1 aliphatic carbocycles. The zero-order valence-electron chi connectivity index (χ0n) is 5.72. The van der Waals surface area contributed by atoms with E-state index in [-0.39, 0.29) is 12.8 Å². The minimum absolute atomic E-state index is 0.0741. The van der Waals surface area contributed by atoms with Crippen LogP contribution in [-0.2, 0) is 4.79 Å². The molecular weight excluding hydrogens is 136 g/mol. The number of rotatable bonds is 1. The fourth-order valence-electron chi connectivity index (χ4n) is 1.41. The van der Waals surface area contributed by atoms with Gasteiger partial charge >= 0.3 is 5.97 Å². The molecule has 0 unspecified atom stereocenters. The van der Waals surface area contributed by atoms with Gasteiger partial charge in [-0.2, -0.15) is 0 Å². The summed E-state index contributed by atoms with van der Waals surface area (Å²) in [5.74, 6) is -1.11. The van der Waals surface area contributed by atoms with Crippen LogP contribution in [0.5, 0.6) is 0 Å². The first kappa shape index (κ1) is 7.47. The third-order valence-electron chi connectivity index (χ3n) is 1.79. The lowest BCUT2D eigenvalue weighted by atomic mass is 9.67. The van der Waals surface area contributed by atoms with Gasteiger partial charge in [-0.05, 0) is 6.92 Å². The van der Waals surface area contributed by atoms with Gasteiger partial charge in [0, 0.05) is 12.8 Å². The SMILES string of the molecule is CC1([18F])CC(N)(C(=O)O)C1. The molecule has 0 aliphatic heterocycles. The highest BCUT2D eigenvalue weighted by molar-refractivity contribution is 5.80. The first-order chi connectivity index (χ1) is 4.36. The molecule has 0 aromatic carbocycles. The van der Waals surface area contributed by atoms with E-state index < -0.39 is 17.2 Å². The highest BCUT2D eigenvalue weighted by Crippen LogP contribution is 2.42. The topological polar surface area (TPSA) is 63.3 Å². The van der Waals surface area contributed by atoms with Crippen molar-refractivity contribution in [2.75, 3.05) is 0 Å². The summed E-state index contributed by atoms with van der Waals surface area (Å²) >= 11 is 0. The maximum atomic E-state index is 12.7. The van der Waals surface area contributed by atoms with E-state index in [1.165, 1.54) is 6.92 Å². The van der Waals surface area contributed by atoms with Crippen molar-refractivity contribution in [1.82, 2.24) is 0 Å². The molecule has 0 aromatic heterocycles. The second-order valence-electron chi connectivity index (χ2n) is 3.23. The van der Waals surface area contributed by atoms with Crippen LogP contribution in [0.1, 0.15) is 19.8 Å². The summed E-state index contributed by atoms with van der Waals surface area (Å²) in [6.07, 6.45) is -0.148. The fraction of sp³-hybridized carbons (Fsp3) is 0.833. The maximum Gasteiger partial charge on any atom is 0.323 e. The summed E-state index contributed by atoms with van der Waals surface area (Å²) < 4.78 is 12.7. The summed E-state index contributed by atoms with van der Waals surface area (Å²) in [5, 5.41) is 8.43. The van der Waals surface area contributed by atoms with E-state index in [0.717, 1.165) is 0 Å². The number of hydrogen-bond donors (Lipinski definition) is 2. The van der Waals surface area contributed by atoms with Crippen LogP contribution in [0.2, 0.25) is 0 Å². The highest BCUT2D eigenvalue weighted by Gasteiger charge is 2.55. The van der Waals surface area contributed by atoms with Crippen LogP contribution in [0.4, 0.5) is 4.39 Å². The molecule has 1 fully saturated rings. The van der Waals surface area contributed by atoms with Gasteiger partial charge in [-0.1, -0.05) is 0 Å². The van der Waals surface area contributed by atoms with Crippen LogP contribution in [-0.4, -0.2) is 22.3 Å². The van der Waals surface area contributed by atoms with Crippen LogP contribution in [0.3, 0.4) is 0 Å². The van der Waals surface area contributed by atoms with Crippen LogP contribution in [0.15, 0.2) is 0 Å². The smallest absolute Gasteiger partial charge is 0.323 e. The molecule has 58 valence electrons. The number of alkyl halides is 1. The molecule has 0 saturated heterocycles. The molecule has 4 heteroatoms. The van der Waals surface area contributed by atoms with Crippen LogP contribution < -0.4 is 5.73 Å². The van der Waals surface area contributed by atoms with Gasteiger partial charge in [0.05, 0.1) is 0 Å². The number of hydrogen-bond acceptors (Lipinski definition) is 2. The molecule has 10 heavy (non-hydrogen) atoms. The molecule has 0 amide bonds. The van der Waals surface area contributed by atoms with Crippen molar-refractivity contribution in [2.24, 2.45) is 5.73 Å². The average molecular weight is 146 g/mol. The van der Waals surface area contributed by atoms with Crippen LogP contribution in [0.25, 0.3) is 0 Å². The van der Waals surface area contributed by atoms with Gasteiger partial charge in [0.25, 0.3) is 0 Å². The average Bonchev–Trinajstić information content (AvgIpc) is 1.59. The van der Waals surface area contributed by atoms with Crippen molar-refractivity contribution in [3.8, 4) is 0 Å². The van der Waals surface area contributed by atoms with Gasteiger partial charge in [0.1, 0.15) is 11.2 Å². The monoisotopic (exact) mass is 146 g/mol. The highest BCUT2D eigenvalue weighted by atomic mass is 18.2. The molecule has 1 saturated carbocycles.